The van der Waals surface area contributed by atoms with Crippen molar-refractivity contribution in [1.82, 2.24) is 15.1 Å². The second-order valence-electron chi connectivity index (χ2n) is 6.66. The Morgan fingerprint density at radius 3 is 2.61 bits per heavy atom. The number of benzene rings is 2. The van der Waals surface area contributed by atoms with Gasteiger partial charge in [-0.25, -0.2) is 4.68 Å². The largest absolute Gasteiger partial charge is 0.375 e. The number of para-hydroxylation sites is 1. The lowest BCUT2D eigenvalue weighted by molar-refractivity contribution is -0.122. The summed E-state index contributed by atoms with van der Waals surface area (Å²) in [5, 5.41) is 8.01. The van der Waals surface area contributed by atoms with Crippen molar-refractivity contribution in [3.8, 4) is 5.69 Å². The number of ether oxygens (including phenoxy) is 1. The van der Waals surface area contributed by atoms with Gasteiger partial charge in [0.25, 0.3) is 0 Å². The molecule has 2 aromatic carbocycles. The first-order valence-electron chi connectivity index (χ1n) is 9.24. The second-order valence-corrected chi connectivity index (χ2v) is 7.07. The van der Waals surface area contributed by atoms with Gasteiger partial charge in [0.05, 0.1) is 17.9 Å². The predicted molar refractivity (Wildman–Crippen MR) is 111 cm³/mol. The number of methoxy groups -OCH3 is 1. The summed E-state index contributed by atoms with van der Waals surface area (Å²) in [5.41, 5.74) is 2.87. The van der Waals surface area contributed by atoms with Crippen LogP contribution in [-0.2, 0) is 16.0 Å². The number of aryl methyl sites for hydroxylation is 1. The molecule has 6 heteroatoms. The molecule has 146 valence electrons. The SMILES string of the molecule is COC(c1ccccc1Cl)C(C)NC(=O)CCc1cnn(-c2ccccc2)c1. The Labute approximate surface area is 170 Å². The monoisotopic (exact) mass is 397 g/mol. The molecular weight excluding hydrogens is 374 g/mol. The van der Waals surface area contributed by atoms with Gasteiger partial charge in [0, 0.05) is 30.3 Å². The molecule has 3 aromatic rings. The fourth-order valence-corrected chi connectivity index (χ4v) is 3.42. The predicted octanol–water partition coefficient (Wildman–Crippen LogP) is 4.35. The molecule has 1 heterocycles. The van der Waals surface area contributed by atoms with Crippen LogP contribution >= 0.6 is 11.6 Å². The molecule has 2 unspecified atom stereocenters. The first kappa shape index (κ1) is 20.1. The summed E-state index contributed by atoms with van der Waals surface area (Å²) in [5.74, 6) is -0.0333. The zero-order valence-electron chi connectivity index (χ0n) is 16.0. The first-order chi connectivity index (χ1) is 13.6. The molecule has 0 radical (unpaired) electrons. The minimum atomic E-state index is -0.307. The highest BCUT2D eigenvalue weighted by atomic mass is 35.5. The maximum Gasteiger partial charge on any atom is 0.220 e. The van der Waals surface area contributed by atoms with Crippen LogP contribution in [0.15, 0.2) is 67.0 Å². The lowest BCUT2D eigenvalue weighted by atomic mass is 10.0. The average molecular weight is 398 g/mol. The molecule has 0 bridgehead atoms. The molecular formula is C22H24ClN3O2. The number of nitrogens with one attached hydrogen (secondary N) is 1. The first-order valence-corrected chi connectivity index (χ1v) is 9.62. The number of rotatable bonds is 8. The highest BCUT2D eigenvalue weighted by molar-refractivity contribution is 6.31. The minimum Gasteiger partial charge on any atom is -0.375 e. The Kier molecular flexibility index (Phi) is 6.85. The molecule has 5 nitrogen and oxygen atoms in total. The van der Waals surface area contributed by atoms with Crippen molar-refractivity contribution in [2.45, 2.75) is 31.9 Å². The van der Waals surface area contributed by atoms with Crippen LogP contribution in [-0.4, -0.2) is 28.8 Å². The van der Waals surface area contributed by atoms with Crippen molar-refractivity contribution in [2.24, 2.45) is 0 Å². The number of hydrogen-bond donors (Lipinski definition) is 1. The Morgan fingerprint density at radius 1 is 1.18 bits per heavy atom. The van der Waals surface area contributed by atoms with Gasteiger partial charge in [-0.3, -0.25) is 4.79 Å². The van der Waals surface area contributed by atoms with Gasteiger partial charge >= 0.3 is 0 Å². The normalized spacial score (nSPS) is 13.1. The van der Waals surface area contributed by atoms with Crippen LogP contribution in [0.3, 0.4) is 0 Å². The van der Waals surface area contributed by atoms with E-state index in [2.05, 4.69) is 10.4 Å². The van der Waals surface area contributed by atoms with E-state index in [0.29, 0.717) is 17.9 Å². The van der Waals surface area contributed by atoms with Gasteiger partial charge in [0.15, 0.2) is 0 Å². The fourth-order valence-electron chi connectivity index (χ4n) is 3.18. The Balaban J connectivity index is 1.55. The van der Waals surface area contributed by atoms with Gasteiger partial charge in [-0.2, -0.15) is 5.10 Å². The van der Waals surface area contributed by atoms with Crippen LogP contribution in [0.5, 0.6) is 0 Å². The summed E-state index contributed by atoms with van der Waals surface area (Å²) >= 11 is 6.27. The van der Waals surface area contributed by atoms with Crippen LogP contribution in [0, 0.1) is 0 Å². The van der Waals surface area contributed by atoms with Crippen LogP contribution in [0.25, 0.3) is 5.69 Å². The number of carbonyl (C=O) groups is 1. The highest BCUT2D eigenvalue weighted by Crippen LogP contribution is 2.27. The van der Waals surface area contributed by atoms with Gasteiger partial charge in [-0.1, -0.05) is 48.0 Å². The molecule has 1 N–H and O–H groups in total. The zero-order valence-corrected chi connectivity index (χ0v) is 16.8. The summed E-state index contributed by atoms with van der Waals surface area (Å²) in [6.45, 7) is 1.92. The van der Waals surface area contributed by atoms with Gasteiger partial charge in [-0.15, -0.1) is 0 Å². The quantitative estimate of drug-likeness (QED) is 0.614. The maximum absolute atomic E-state index is 12.4. The van der Waals surface area contributed by atoms with Gasteiger partial charge in [-0.05, 0) is 37.1 Å². The smallest absolute Gasteiger partial charge is 0.220 e. The second kappa shape index (κ2) is 9.53. The lowest BCUT2D eigenvalue weighted by Gasteiger charge is -2.25. The van der Waals surface area contributed by atoms with Crippen molar-refractivity contribution in [3.63, 3.8) is 0 Å². The zero-order chi connectivity index (χ0) is 19.9. The van der Waals surface area contributed by atoms with Crippen molar-refractivity contribution in [2.75, 3.05) is 7.11 Å². The molecule has 0 aliphatic rings. The maximum atomic E-state index is 12.4. The number of aromatic nitrogens is 2. The van der Waals surface area contributed by atoms with Crippen LogP contribution in [0.2, 0.25) is 5.02 Å². The Bertz CT molecular complexity index is 911. The van der Waals surface area contributed by atoms with Crippen LogP contribution in [0.1, 0.15) is 30.6 Å². The molecule has 1 amide bonds. The number of nitrogens with zero attached hydrogens (tertiary/aromatic N) is 2. The summed E-state index contributed by atoms with van der Waals surface area (Å²) in [6, 6.07) is 17.2. The number of carbonyl (C=O) groups excluding carboxylic acids is 1. The van der Waals surface area contributed by atoms with E-state index in [-0.39, 0.29) is 18.1 Å². The van der Waals surface area contributed by atoms with E-state index < -0.39 is 0 Å². The third kappa shape index (κ3) is 5.00. The standard InChI is InChI=1S/C22H24ClN3O2/c1-16(22(28-2)19-10-6-7-11-20(19)23)25-21(27)13-12-17-14-24-26(15-17)18-8-4-3-5-9-18/h3-11,14-16,22H,12-13H2,1-2H3,(H,25,27). The lowest BCUT2D eigenvalue weighted by Crippen LogP contribution is -2.38. The van der Waals surface area contributed by atoms with E-state index in [0.717, 1.165) is 16.8 Å². The minimum absolute atomic E-state index is 0.0333. The highest BCUT2D eigenvalue weighted by Gasteiger charge is 2.22. The van der Waals surface area contributed by atoms with E-state index in [1.165, 1.54) is 0 Å². The summed E-state index contributed by atoms with van der Waals surface area (Å²) in [6.07, 6.45) is 4.44. The molecule has 0 saturated heterocycles. The molecule has 0 spiro atoms. The molecule has 0 aliphatic carbocycles. The van der Waals surface area contributed by atoms with E-state index in [1.54, 1.807) is 13.3 Å². The molecule has 0 saturated carbocycles. The third-order valence-corrected chi connectivity index (χ3v) is 4.95. The van der Waals surface area contributed by atoms with Gasteiger partial charge < -0.3 is 10.1 Å². The Hall–Kier alpha value is -2.63. The van der Waals surface area contributed by atoms with E-state index >= 15 is 0 Å². The molecule has 28 heavy (non-hydrogen) atoms. The summed E-state index contributed by atoms with van der Waals surface area (Å²) < 4.78 is 7.40. The molecule has 0 fully saturated rings. The third-order valence-electron chi connectivity index (χ3n) is 4.61. The van der Waals surface area contributed by atoms with Crippen molar-refractivity contribution >= 4 is 17.5 Å². The molecule has 1 aromatic heterocycles. The van der Waals surface area contributed by atoms with Crippen molar-refractivity contribution in [1.29, 1.82) is 0 Å². The number of hydrogen-bond acceptors (Lipinski definition) is 3. The fraction of sp³-hybridized carbons (Fsp3) is 0.273. The van der Waals surface area contributed by atoms with Crippen molar-refractivity contribution < 1.29 is 9.53 Å². The van der Waals surface area contributed by atoms with Crippen molar-refractivity contribution in [3.05, 3.63) is 83.1 Å². The molecule has 0 aliphatic heterocycles. The number of halogens is 1. The number of amides is 1. The van der Waals surface area contributed by atoms with E-state index in [1.807, 2.05) is 72.4 Å². The van der Waals surface area contributed by atoms with E-state index in [9.17, 15) is 4.79 Å². The topological polar surface area (TPSA) is 56.1 Å². The average Bonchev–Trinajstić information content (AvgIpc) is 3.18. The van der Waals surface area contributed by atoms with Crippen LogP contribution in [0.4, 0.5) is 0 Å². The van der Waals surface area contributed by atoms with Crippen LogP contribution < -0.4 is 5.32 Å². The van der Waals surface area contributed by atoms with Gasteiger partial charge in [0.2, 0.25) is 5.91 Å². The summed E-state index contributed by atoms with van der Waals surface area (Å²) in [7, 11) is 1.62. The Morgan fingerprint density at radius 2 is 1.89 bits per heavy atom. The van der Waals surface area contributed by atoms with E-state index in [4.69, 9.17) is 16.3 Å². The van der Waals surface area contributed by atoms with Gasteiger partial charge in [0.1, 0.15) is 6.10 Å². The molecule has 2 atom stereocenters. The summed E-state index contributed by atoms with van der Waals surface area (Å²) in [4.78, 5) is 12.4. The molecule has 3 rings (SSSR count).